The maximum Gasteiger partial charge on any atom is 0.332 e. The first-order valence-electron chi connectivity index (χ1n) is 12.7. The van der Waals surface area contributed by atoms with Gasteiger partial charge in [-0.25, -0.2) is 4.79 Å². The van der Waals surface area contributed by atoms with Crippen molar-refractivity contribution < 1.29 is 0 Å². The number of benzene rings is 2. The van der Waals surface area contributed by atoms with E-state index in [-0.39, 0.29) is 17.3 Å². The molecular weight excluding hydrogens is 478 g/mol. The van der Waals surface area contributed by atoms with Gasteiger partial charge in [0.1, 0.15) is 17.2 Å². The second-order valence-corrected chi connectivity index (χ2v) is 9.44. The van der Waals surface area contributed by atoms with Gasteiger partial charge in [0.2, 0.25) is 0 Å². The molecule has 4 N–H and O–H groups in total. The van der Waals surface area contributed by atoms with Crippen LogP contribution in [0.1, 0.15) is 17.5 Å². The van der Waals surface area contributed by atoms with Crippen molar-refractivity contribution >= 4 is 17.3 Å². The van der Waals surface area contributed by atoms with E-state index in [1.165, 1.54) is 11.6 Å². The molecular formula is C29H31N7O2. The molecule has 1 saturated heterocycles. The fourth-order valence-electron chi connectivity index (χ4n) is 4.63. The van der Waals surface area contributed by atoms with Crippen LogP contribution in [0.5, 0.6) is 0 Å². The molecule has 0 radical (unpaired) electrons. The van der Waals surface area contributed by atoms with E-state index in [9.17, 15) is 9.59 Å². The molecule has 0 amide bonds. The Labute approximate surface area is 220 Å². The number of anilines is 2. The molecule has 2 aromatic carbocycles. The van der Waals surface area contributed by atoms with Crippen molar-refractivity contribution in [2.75, 3.05) is 24.1 Å². The van der Waals surface area contributed by atoms with Crippen LogP contribution in [0.3, 0.4) is 0 Å². The zero-order valence-electron chi connectivity index (χ0n) is 21.3. The van der Waals surface area contributed by atoms with Gasteiger partial charge in [-0.2, -0.15) is 0 Å². The Kier molecular flexibility index (Phi) is 7.46. The summed E-state index contributed by atoms with van der Waals surface area (Å²) in [5.74, 6) is 0.708. The quantitative estimate of drug-likeness (QED) is 0.260. The minimum Gasteiger partial charge on any atom is -0.384 e. The highest BCUT2D eigenvalue weighted by atomic mass is 16.2. The topological polar surface area (TPSA) is 119 Å². The van der Waals surface area contributed by atoms with Gasteiger partial charge in [0.25, 0.3) is 5.56 Å². The Bertz CT molecular complexity index is 1540. The van der Waals surface area contributed by atoms with Crippen LogP contribution in [0.15, 0.2) is 93.6 Å². The number of nitrogens with one attached hydrogen (secondary N) is 2. The second-order valence-electron chi connectivity index (χ2n) is 9.44. The van der Waals surface area contributed by atoms with Crippen LogP contribution < -0.4 is 27.6 Å². The van der Waals surface area contributed by atoms with Crippen molar-refractivity contribution in [2.24, 2.45) is 18.0 Å². The van der Waals surface area contributed by atoms with Crippen LogP contribution in [0.25, 0.3) is 11.3 Å². The van der Waals surface area contributed by atoms with E-state index in [1.807, 2.05) is 72.8 Å². The third kappa shape index (κ3) is 5.42. The molecule has 1 unspecified atom stereocenters. The maximum absolute atomic E-state index is 13.4. The zero-order valence-corrected chi connectivity index (χ0v) is 21.3. The predicted octanol–water partition coefficient (Wildman–Crippen LogP) is 2.86. The van der Waals surface area contributed by atoms with Gasteiger partial charge < -0.3 is 16.4 Å². The summed E-state index contributed by atoms with van der Waals surface area (Å²) >= 11 is 0. The first-order chi connectivity index (χ1) is 18.5. The average Bonchev–Trinajstić information content (AvgIpc) is 3.48. The molecule has 1 aliphatic rings. The van der Waals surface area contributed by atoms with Gasteiger partial charge in [-0.3, -0.25) is 23.9 Å². The number of nitrogens with two attached hydrogens (primary N) is 1. The summed E-state index contributed by atoms with van der Waals surface area (Å²) in [4.78, 5) is 35.6. The van der Waals surface area contributed by atoms with Crippen LogP contribution in [-0.2, 0) is 20.1 Å². The predicted molar refractivity (Wildman–Crippen MR) is 151 cm³/mol. The maximum atomic E-state index is 13.4. The number of hydrogen-bond donors (Lipinski definition) is 3. The molecule has 1 aliphatic heterocycles. The van der Waals surface area contributed by atoms with E-state index in [4.69, 9.17) is 10.7 Å². The molecule has 9 heteroatoms. The minimum atomic E-state index is -0.485. The lowest BCUT2D eigenvalue weighted by atomic mass is 10.1. The van der Waals surface area contributed by atoms with Gasteiger partial charge in [0.15, 0.2) is 0 Å². The Balaban J connectivity index is 1.52. The van der Waals surface area contributed by atoms with Crippen molar-refractivity contribution in [3.8, 4) is 11.3 Å². The van der Waals surface area contributed by atoms with Gasteiger partial charge in [0.05, 0.1) is 12.2 Å². The van der Waals surface area contributed by atoms with Gasteiger partial charge in [-0.15, -0.1) is 0 Å². The van der Waals surface area contributed by atoms with Crippen molar-refractivity contribution in [1.82, 2.24) is 19.4 Å². The average molecular weight is 510 g/mol. The molecule has 4 aromatic rings. The molecule has 0 bridgehead atoms. The molecule has 0 aliphatic carbocycles. The summed E-state index contributed by atoms with van der Waals surface area (Å²) in [5.41, 5.74) is 9.44. The van der Waals surface area contributed by atoms with Crippen LogP contribution in [0.4, 0.5) is 11.5 Å². The van der Waals surface area contributed by atoms with E-state index in [0.29, 0.717) is 18.9 Å². The third-order valence-corrected chi connectivity index (χ3v) is 6.79. The van der Waals surface area contributed by atoms with Gasteiger partial charge in [-0.1, -0.05) is 48.5 Å². The number of pyridine rings is 1. The molecule has 38 heavy (non-hydrogen) atoms. The molecule has 0 spiro atoms. The summed E-state index contributed by atoms with van der Waals surface area (Å²) in [5, 5.41) is 6.59. The van der Waals surface area contributed by atoms with E-state index in [1.54, 1.807) is 6.20 Å². The largest absolute Gasteiger partial charge is 0.384 e. The van der Waals surface area contributed by atoms with E-state index in [2.05, 4.69) is 15.6 Å². The van der Waals surface area contributed by atoms with E-state index >= 15 is 0 Å². The van der Waals surface area contributed by atoms with Crippen molar-refractivity contribution in [3.05, 3.63) is 111 Å². The smallest absolute Gasteiger partial charge is 0.332 e. The fraction of sp³-hybridized carbons (Fsp3) is 0.241. The first kappa shape index (κ1) is 25.2. The number of amidine groups is 1. The monoisotopic (exact) mass is 509 g/mol. The number of nitrogen functional groups attached to an aromatic ring is 1. The lowest BCUT2D eigenvalue weighted by Gasteiger charge is -2.19. The van der Waals surface area contributed by atoms with E-state index in [0.717, 1.165) is 46.6 Å². The Morgan fingerprint density at radius 1 is 1.08 bits per heavy atom. The van der Waals surface area contributed by atoms with Crippen LogP contribution in [-0.4, -0.2) is 33.0 Å². The number of aliphatic imine (C=N–C) groups is 1. The summed E-state index contributed by atoms with van der Waals surface area (Å²) in [7, 11) is 1.48. The highest BCUT2D eigenvalue weighted by molar-refractivity contribution is 6.10. The SMILES string of the molecule is Cn1c(=O)c(C(=NCc2ccc(-c3ccccn3)cc2)Nc2ccccc2)c(N)n(CC2CCNC2)c1=O. The Hall–Kier alpha value is -4.50. The summed E-state index contributed by atoms with van der Waals surface area (Å²) in [6.07, 6.45) is 2.71. The molecule has 1 fully saturated rings. The number of hydrogen-bond acceptors (Lipinski definition) is 6. The van der Waals surface area contributed by atoms with Gasteiger partial charge in [0, 0.05) is 31.0 Å². The standard InChI is InChI=1S/C29H31N7O2/c1-35-28(37)25(26(30)36(29(35)38)19-21-14-16-31-17-21)27(34-23-7-3-2-4-8-23)33-18-20-10-12-22(13-11-20)24-9-5-6-15-32-24/h2-13,15,21,31H,14,16-19,30H2,1H3,(H,33,34). The third-order valence-electron chi connectivity index (χ3n) is 6.79. The highest BCUT2D eigenvalue weighted by Crippen LogP contribution is 2.19. The summed E-state index contributed by atoms with van der Waals surface area (Å²) < 4.78 is 2.61. The molecule has 9 nitrogen and oxygen atoms in total. The molecule has 5 rings (SSSR count). The summed E-state index contributed by atoms with van der Waals surface area (Å²) in [6.45, 7) is 2.46. The number of rotatable bonds is 7. The molecule has 194 valence electrons. The normalized spacial score (nSPS) is 15.5. The lowest BCUT2D eigenvalue weighted by Crippen LogP contribution is -2.44. The van der Waals surface area contributed by atoms with Gasteiger partial charge in [-0.05, 0) is 55.3 Å². The van der Waals surface area contributed by atoms with Crippen molar-refractivity contribution in [2.45, 2.75) is 19.5 Å². The fourth-order valence-corrected chi connectivity index (χ4v) is 4.63. The zero-order chi connectivity index (χ0) is 26.5. The van der Waals surface area contributed by atoms with Gasteiger partial charge >= 0.3 is 5.69 Å². The first-order valence-corrected chi connectivity index (χ1v) is 12.7. The van der Waals surface area contributed by atoms with Crippen LogP contribution >= 0.6 is 0 Å². The molecule has 1 atom stereocenters. The lowest BCUT2D eigenvalue weighted by molar-refractivity contribution is 0.459. The number of para-hydroxylation sites is 1. The highest BCUT2D eigenvalue weighted by Gasteiger charge is 2.23. The van der Waals surface area contributed by atoms with E-state index < -0.39 is 11.2 Å². The Morgan fingerprint density at radius 3 is 2.53 bits per heavy atom. The molecule has 3 heterocycles. The van der Waals surface area contributed by atoms with Crippen LogP contribution in [0.2, 0.25) is 0 Å². The number of aromatic nitrogens is 3. The summed E-state index contributed by atoms with van der Waals surface area (Å²) in [6, 6.07) is 23.3. The molecule has 0 saturated carbocycles. The van der Waals surface area contributed by atoms with Crippen molar-refractivity contribution in [1.29, 1.82) is 0 Å². The Morgan fingerprint density at radius 2 is 1.84 bits per heavy atom. The minimum absolute atomic E-state index is 0.123. The van der Waals surface area contributed by atoms with Crippen molar-refractivity contribution in [3.63, 3.8) is 0 Å². The number of nitrogens with zero attached hydrogens (tertiary/aromatic N) is 4. The molecule has 2 aromatic heterocycles. The second kappa shape index (κ2) is 11.3. The van der Waals surface area contributed by atoms with Crippen LogP contribution in [0, 0.1) is 5.92 Å².